The molecule has 1 aromatic heterocycles. The van der Waals surface area contributed by atoms with Crippen molar-refractivity contribution >= 4 is 17.7 Å². The predicted molar refractivity (Wildman–Crippen MR) is 72.6 cm³/mol. The number of aryl methyl sites for hydroxylation is 1. The van der Waals surface area contributed by atoms with Gasteiger partial charge in [-0.2, -0.15) is 0 Å². The third-order valence-electron chi connectivity index (χ3n) is 2.82. The number of carbonyl (C=O) groups excluding carboxylic acids is 1. The van der Waals surface area contributed by atoms with Crippen LogP contribution in [-0.2, 0) is 11.2 Å². The monoisotopic (exact) mass is 277 g/mol. The highest BCUT2D eigenvalue weighted by atomic mass is 32.2. The summed E-state index contributed by atoms with van der Waals surface area (Å²) in [4.78, 5) is 11.6. The van der Waals surface area contributed by atoms with E-state index in [-0.39, 0.29) is 0 Å². The first-order valence-electron chi connectivity index (χ1n) is 5.87. The van der Waals surface area contributed by atoms with Crippen molar-refractivity contribution < 1.29 is 4.79 Å². The van der Waals surface area contributed by atoms with Gasteiger partial charge >= 0.3 is 0 Å². The van der Waals surface area contributed by atoms with Crippen molar-refractivity contribution in [2.75, 3.05) is 6.26 Å². The lowest BCUT2D eigenvalue weighted by atomic mass is 10.1. The van der Waals surface area contributed by atoms with E-state index in [0.29, 0.717) is 11.6 Å². The zero-order chi connectivity index (χ0) is 13.7. The number of aromatic nitrogens is 4. The number of rotatable bonds is 6. The van der Waals surface area contributed by atoms with Crippen LogP contribution < -0.4 is 5.73 Å². The van der Waals surface area contributed by atoms with E-state index in [9.17, 15) is 4.79 Å². The molecule has 1 heterocycles. The van der Waals surface area contributed by atoms with Gasteiger partial charge in [0.2, 0.25) is 11.1 Å². The van der Waals surface area contributed by atoms with Crippen LogP contribution in [-0.4, -0.2) is 32.4 Å². The molecule has 6 nitrogen and oxygen atoms in total. The molecule has 1 unspecified atom stereocenters. The minimum Gasteiger partial charge on any atom is -0.368 e. The Balaban J connectivity index is 2.11. The maximum atomic E-state index is 11.6. The van der Waals surface area contributed by atoms with Crippen molar-refractivity contribution in [3.63, 3.8) is 0 Å². The van der Waals surface area contributed by atoms with Crippen LogP contribution in [0.25, 0.3) is 0 Å². The Morgan fingerprint density at radius 1 is 1.42 bits per heavy atom. The third-order valence-corrected chi connectivity index (χ3v) is 3.45. The van der Waals surface area contributed by atoms with Gasteiger partial charge in [0.1, 0.15) is 6.04 Å². The van der Waals surface area contributed by atoms with E-state index in [1.54, 1.807) is 0 Å². The molecule has 1 aromatic carbocycles. The highest BCUT2D eigenvalue weighted by Crippen LogP contribution is 2.19. The Kier molecular flexibility index (Phi) is 4.51. The fourth-order valence-corrected chi connectivity index (χ4v) is 2.32. The summed E-state index contributed by atoms with van der Waals surface area (Å²) >= 11 is 1.39. The van der Waals surface area contributed by atoms with Crippen LogP contribution in [0.3, 0.4) is 0 Å². The van der Waals surface area contributed by atoms with Gasteiger partial charge in [0.25, 0.3) is 0 Å². The summed E-state index contributed by atoms with van der Waals surface area (Å²) in [5.74, 6) is -0.418. The first-order valence-corrected chi connectivity index (χ1v) is 7.10. The summed E-state index contributed by atoms with van der Waals surface area (Å²) < 4.78 is 1.50. The molecule has 7 heteroatoms. The van der Waals surface area contributed by atoms with Crippen LogP contribution in [0.2, 0.25) is 0 Å². The molecule has 0 fully saturated rings. The number of nitrogens with zero attached hydrogens (tertiary/aromatic N) is 4. The first kappa shape index (κ1) is 13.5. The molecule has 1 atom stereocenters. The molecule has 0 aliphatic heterocycles. The van der Waals surface area contributed by atoms with Gasteiger partial charge in [0.15, 0.2) is 0 Å². The number of carbonyl (C=O) groups is 1. The number of nitrogens with two attached hydrogens (primary N) is 1. The van der Waals surface area contributed by atoms with Crippen molar-refractivity contribution in [1.29, 1.82) is 0 Å². The summed E-state index contributed by atoms with van der Waals surface area (Å²) in [6.45, 7) is 0. The Hall–Kier alpha value is -1.89. The zero-order valence-electron chi connectivity index (χ0n) is 10.6. The molecule has 2 aromatic rings. The molecule has 0 bridgehead atoms. The summed E-state index contributed by atoms with van der Waals surface area (Å²) in [7, 11) is 0. The van der Waals surface area contributed by atoms with Crippen LogP contribution >= 0.6 is 11.8 Å². The quantitative estimate of drug-likeness (QED) is 0.798. The summed E-state index contributed by atoms with van der Waals surface area (Å²) in [6, 6.07) is 9.43. The van der Waals surface area contributed by atoms with Gasteiger partial charge in [-0.05, 0) is 35.1 Å². The summed E-state index contributed by atoms with van der Waals surface area (Å²) in [5.41, 5.74) is 6.61. The molecule has 0 radical (unpaired) electrons. The van der Waals surface area contributed by atoms with Crippen molar-refractivity contribution in [3.8, 4) is 0 Å². The molecule has 1 amide bonds. The number of hydrogen-bond donors (Lipinski definition) is 1. The van der Waals surface area contributed by atoms with Gasteiger partial charge in [-0.15, -0.1) is 5.10 Å². The summed E-state index contributed by atoms with van der Waals surface area (Å²) in [6.07, 6.45) is 3.19. The first-order chi connectivity index (χ1) is 9.22. The molecular weight excluding hydrogens is 262 g/mol. The van der Waals surface area contributed by atoms with E-state index in [1.807, 2.05) is 36.6 Å². The second kappa shape index (κ2) is 6.33. The third kappa shape index (κ3) is 3.31. The molecule has 0 aliphatic rings. The average Bonchev–Trinajstić information content (AvgIpc) is 2.88. The Labute approximate surface area is 115 Å². The number of hydrogen-bond acceptors (Lipinski definition) is 5. The van der Waals surface area contributed by atoms with Gasteiger partial charge in [0.05, 0.1) is 0 Å². The van der Waals surface area contributed by atoms with E-state index >= 15 is 0 Å². The molecule has 2 rings (SSSR count). The molecular formula is C12H15N5OS. The lowest BCUT2D eigenvalue weighted by Crippen LogP contribution is -2.28. The number of thioether (sulfide) groups is 1. The van der Waals surface area contributed by atoms with E-state index in [2.05, 4.69) is 15.5 Å². The molecule has 0 aliphatic carbocycles. The highest BCUT2D eigenvalue weighted by molar-refractivity contribution is 7.98. The fourth-order valence-electron chi connectivity index (χ4n) is 1.85. The molecule has 2 N–H and O–H groups in total. The number of benzene rings is 1. The smallest absolute Gasteiger partial charge is 0.242 e. The molecule has 19 heavy (non-hydrogen) atoms. The molecule has 0 spiro atoms. The van der Waals surface area contributed by atoms with Gasteiger partial charge < -0.3 is 5.73 Å². The SMILES string of the molecule is CSc1nnnn1C(CCc1ccccc1)C(N)=O. The fraction of sp³-hybridized carbons (Fsp3) is 0.333. The second-order valence-electron chi connectivity index (χ2n) is 4.05. The zero-order valence-corrected chi connectivity index (χ0v) is 11.4. The maximum absolute atomic E-state index is 11.6. The van der Waals surface area contributed by atoms with E-state index in [4.69, 9.17) is 5.73 Å². The largest absolute Gasteiger partial charge is 0.368 e. The number of tetrazole rings is 1. The standard InChI is InChI=1S/C12H15N5OS/c1-19-12-14-15-16-17(12)10(11(13)18)8-7-9-5-3-2-4-6-9/h2-6,10H,7-8H2,1H3,(H2,13,18). The van der Waals surface area contributed by atoms with Crippen molar-refractivity contribution in [2.24, 2.45) is 5.73 Å². The lowest BCUT2D eigenvalue weighted by molar-refractivity contribution is -0.121. The lowest BCUT2D eigenvalue weighted by Gasteiger charge is -2.14. The van der Waals surface area contributed by atoms with E-state index in [1.165, 1.54) is 16.4 Å². The number of amides is 1. The van der Waals surface area contributed by atoms with Crippen molar-refractivity contribution in [2.45, 2.75) is 24.0 Å². The number of primary amides is 1. The molecule has 100 valence electrons. The van der Waals surface area contributed by atoms with Crippen LogP contribution in [0.4, 0.5) is 0 Å². The van der Waals surface area contributed by atoms with Crippen molar-refractivity contribution in [1.82, 2.24) is 20.2 Å². The minimum atomic E-state index is -0.516. The van der Waals surface area contributed by atoms with Gasteiger partial charge in [-0.25, -0.2) is 4.68 Å². The van der Waals surface area contributed by atoms with Crippen LogP contribution in [0, 0.1) is 0 Å². The Bertz CT molecular complexity index is 542. The maximum Gasteiger partial charge on any atom is 0.242 e. The topological polar surface area (TPSA) is 86.7 Å². The molecule has 0 saturated carbocycles. The molecule has 0 saturated heterocycles. The summed E-state index contributed by atoms with van der Waals surface area (Å²) in [5, 5.41) is 11.9. The van der Waals surface area contributed by atoms with Gasteiger partial charge in [-0.1, -0.05) is 42.1 Å². The van der Waals surface area contributed by atoms with E-state index < -0.39 is 11.9 Å². The van der Waals surface area contributed by atoms with Crippen molar-refractivity contribution in [3.05, 3.63) is 35.9 Å². The van der Waals surface area contributed by atoms with E-state index in [0.717, 1.165) is 12.0 Å². The Morgan fingerprint density at radius 3 is 2.79 bits per heavy atom. The predicted octanol–water partition coefficient (Wildman–Crippen LogP) is 1.05. The normalized spacial score (nSPS) is 12.3. The Morgan fingerprint density at radius 2 is 2.16 bits per heavy atom. The van der Waals surface area contributed by atoms with Crippen LogP contribution in [0.1, 0.15) is 18.0 Å². The van der Waals surface area contributed by atoms with Gasteiger partial charge in [0, 0.05) is 0 Å². The average molecular weight is 277 g/mol. The second-order valence-corrected chi connectivity index (χ2v) is 4.83. The van der Waals surface area contributed by atoms with Crippen LogP contribution in [0.5, 0.6) is 0 Å². The van der Waals surface area contributed by atoms with Crippen LogP contribution in [0.15, 0.2) is 35.5 Å². The highest BCUT2D eigenvalue weighted by Gasteiger charge is 2.22. The van der Waals surface area contributed by atoms with Gasteiger partial charge in [-0.3, -0.25) is 4.79 Å². The minimum absolute atomic E-state index is 0.418.